The Morgan fingerprint density at radius 3 is 2.32 bits per heavy atom. The molecule has 0 aromatic carbocycles. The van der Waals surface area contributed by atoms with Crippen LogP contribution >= 0.6 is 12.4 Å². The van der Waals surface area contributed by atoms with Gasteiger partial charge in [0.05, 0.1) is 0 Å². The summed E-state index contributed by atoms with van der Waals surface area (Å²) in [6.07, 6.45) is 10.6. The van der Waals surface area contributed by atoms with E-state index < -0.39 is 0 Å². The minimum atomic E-state index is 0. The van der Waals surface area contributed by atoms with Crippen LogP contribution in [0, 0.1) is 11.8 Å². The van der Waals surface area contributed by atoms with Crippen molar-refractivity contribution in [1.29, 1.82) is 0 Å². The predicted octanol–water partition coefficient (Wildman–Crippen LogP) is 3.26. The van der Waals surface area contributed by atoms with Crippen molar-refractivity contribution in [2.24, 2.45) is 17.6 Å². The number of unbranched alkanes of at least 4 members (excludes halogenated alkanes) is 4. The molecule has 3 nitrogen and oxygen atoms in total. The Labute approximate surface area is 124 Å². The molecule has 0 aromatic heterocycles. The summed E-state index contributed by atoms with van der Waals surface area (Å²) in [5.41, 5.74) is 5.66. The molecule has 0 aromatic rings. The molecule has 0 saturated heterocycles. The van der Waals surface area contributed by atoms with E-state index in [0.29, 0.717) is 5.92 Å². The second-order valence-corrected chi connectivity index (χ2v) is 5.66. The van der Waals surface area contributed by atoms with Crippen molar-refractivity contribution in [3.05, 3.63) is 0 Å². The van der Waals surface area contributed by atoms with Crippen molar-refractivity contribution in [1.82, 2.24) is 5.32 Å². The fourth-order valence-electron chi connectivity index (χ4n) is 2.74. The standard InChI is InChI=1S/C15H30N2O.ClH/c1-2-3-4-5-6-11-17-15(18)14-9-7-13(12-16)8-10-14;/h13-14H,2-12,16H2,1H3,(H,17,18);1H. The first-order valence-electron chi connectivity index (χ1n) is 7.75. The molecule has 0 spiro atoms. The SMILES string of the molecule is CCCCCCCNC(=O)C1CCC(CN)CC1.Cl. The third-order valence-corrected chi connectivity index (χ3v) is 4.13. The fourth-order valence-corrected chi connectivity index (χ4v) is 2.74. The van der Waals surface area contributed by atoms with Crippen LogP contribution in [-0.2, 0) is 4.79 Å². The third-order valence-electron chi connectivity index (χ3n) is 4.13. The van der Waals surface area contributed by atoms with Gasteiger partial charge in [-0.25, -0.2) is 0 Å². The average molecular weight is 291 g/mol. The van der Waals surface area contributed by atoms with Gasteiger partial charge in [-0.3, -0.25) is 4.79 Å². The van der Waals surface area contributed by atoms with E-state index in [1.165, 1.54) is 25.7 Å². The highest BCUT2D eigenvalue weighted by Gasteiger charge is 2.25. The summed E-state index contributed by atoms with van der Waals surface area (Å²) in [5.74, 6) is 1.19. The molecule has 1 saturated carbocycles. The number of halogens is 1. The van der Waals surface area contributed by atoms with Crippen molar-refractivity contribution < 1.29 is 4.79 Å². The zero-order valence-electron chi connectivity index (χ0n) is 12.3. The van der Waals surface area contributed by atoms with E-state index in [-0.39, 0.29) is 24.2 Å². The Kier molecular flexibility index (Phi) is 11.4. The van der Waals surface area contributed by atoms with Crippen LogP contribution in [0.4, 0.5) is 0 Å². The predicted molar refractivity (Wildman–Crippen MR) is 83.5 cm³/mol. The maximum Gasteiger partial charge on any atom is 0.223 e. The molecule has 114 valence electrons. The number of hydrogen-bond acceptors (Lipinski definition) is 2. The van der Waals surface area contributed by atoms with Crippen molar-refractivity contribution in [3.63, 3.8) is 0 Å². The van der Waals surface area contributed by atoms with E-state index in [2.05, 4.69) is 12.2 Å². The molecule has 19 heavy (non-hydrogen) atoms. The zero-order chi connectivity index (χ0) is 13.2. The lowest BCUT2D eigenvalue weighted by Crippen LogP contribution is -2.34. The highest BCUT2D eigenvalue weighted by molar-refractivity contribution is 5.85. The van der Waals surface area contributed by atoms with Gasteiger partial charge in [-0.15, -0.1) is 12.4 Å². The number of amides is 1. The summed E-state index contributed by atoms with van der Waals surface area (Å²) in [4.78, 5) is 11.9. The van der Waals surface area contributed by atoms with E-state index in [1.807, 2.05) is 0 Å². The highest BCUT2D eigenvalue weighted by Crippen LogP contribution is 2.28. The van der Waals surface area contributed by atoms with Crippen molar-refractivity contribution in [3.8, 4) is 0 Å². The van der Waals surface area contributed by atoms with Gasteiger partial charge in [-0.05, 0) is 44.6 Å². The lowest BCUT2D eigenvalue weighted by atomic mass is 9.81. The zero-order valence-corrected chi connectivity index (χ0v) is 13.1. The van der Waals surface area contributed by atoms with E-state index in [1.54, 1.807) is 0 Å². The van der Waals surface area contributed by atoms with Gasteiger partial charge in [0.15, 0.2) is 0 Å². The van der Waals surface area contributed by atoms with Crippen LogP contribution < -0.4 is 11.1 Å². The first-order chi connectivity index (χ1) is 8.77. The van der Waals surface area contributed by atoms with Gasteiger partial charge in [0.25, 0.3) is 0 Å². The summed E-state index contributed by atoms with van der Waals surface area (Å²) >= 11 is 0. The fraction of sp³-hybridized carbons (Fsp3) is 0.933. The molecule has 1 rings (SSSR count). The highest BCUT2D eigenvalue weighted by atomic mass is 35.5. The summed E-state index contributed by atoms with van der Waals surface area (Å²) in [5, 5.41) is 3.09. The molecule has 0 heterocycles. The van der Waals surface area contributed by atoms with Gasteiger partial charge in [0.1, 0.15) is 0 Å². The molecule has 0 aliphatic heterocycles. The minimum absolute atomic E-state index is 0. The lowest BCUT2D eigenvalue weighted by molar-refractivity contribution is -0.126. The van der Waals surface area contributed by atoms with Gasteiger partial charge in [0.2, 0.25) is 5.91 Å². The van der Waals surface area contributed by atoms with Crippen LogP contribution in [0.25, 0.3) is 0 Å². The summed E-state index contributed by atoms with van der Waals surface area (Å²) in [6, 6.07) is 0. The summed E-state index contributed by atoms with van der Waals surface area (Å²) in [7, 11) is 0. The van der Waals surface area contributed by atoms with Gasteiger partial charge < -0.3 is 11.1 Å². The van der Waals surface area contributed by atoms with Gasteiger partial charge in [0, 0.05) is 12.5 Å². The molecular formula is C15H31ClN2O. The van der Waals surface area contributed by atoms with Gasteiger partial charge in [-0.2, -0.15) is 0 Å². The maximum atomic E-state index is 11.9. The molecule has 3 N–H and O–H groups in total. The molecule has 1 aliphatic carbocycles. The number of nitrogens with two attached hydrogens (primary N) is 1. The maximum absolute atomic E-state index is 11.9. The van der Waals surface area contributed by atoms with E-state index in [9.17, 15) is 4.79 Å². The Morgan fingerprint density at radius 2 is 1.74 bits per heavy atom. The van der Waals surface area contributed by atoms with Crippen LogP contribution in [0.5, 0.6) is 0 Å². The number of rotatable bonds is 8. The molecular weight excluding hydrogens is 260 g/mol. The summed E-state index contributed by atoms with van der Waals surface area (Å²) < 4.78 is 0. The normalized spacial score (nSPS) is 22.6. The Hall–Kier alpha value is -0.280. The van der Waals surface area contributed by atoms with Crippen LogP contribution in [-0.4, -0.2) is 19.0 Å². The topological polar surface area (TPSA) is 55.1 Å². The van der Waals surface area contributed by atoms with Crippen LogP contribution in [0.3, 0.4) is 0 Å². The van der Waals surface area contributed by atoms with Crippen molar-refractivity contribution in [2.45, 2.75) is 64.7 Å². The minimum Gasteiger partial charge on any atom is -0.356 e. The summed E-state index contributed by atoms with van der Waals surface area (Å²) in [6.45, 7) is 3.87. The second kappa shape index (κ2) is 11.5. The average Bonchev–Trinajstić information content (AvgIpc) is 2.42. The molecule has 4 heteroatoms. The first-order valence-corrected chi connectivity index (χ1v) is 7.75. The van der Waals surface area contributed by atoms with Crippen molar-refractivity contribution in [2.75, 3.05) is 13.1 Å². The van der Waals surface area contributed by atoms with Gasteiger partial charge in [-0.1, -0.05) is 32.6 Å². The number of nitrogens with one attached hydrogen (secondary N) is 1. The Bertz CT molecular complexity index is 228. The molecule has 0 bridgehead atoms. The van der Waals surface area contributed by atoms with Crippen LogP contribution in [0.1, 0.15) is 64.7 Å². The Morgan fingerprint density at radius 1 is 1.11 bits per heavy atom. The van der Waals surface area contributed by atoms with Crippen LogP contribution in [0.2, 0.25) is 0 Å². The monoisotopic (exact) mass is 290 g/mol. The first kappa shape index (κ1) is 18.7. The van der Waals surface area contributed by atoms with Gasteiger partial charge >= 0.3 is 0 Å². The molecule has 1 fully saturated rings. The molecule has 1 aliphatic rings. The lowest BCUT2D eigenvalue weighted by Gasteiger charge is -2.26. The second-order valence-electron chi connectivity index (χ2n) is 5.66. The van der Waals surface area contributed by atoms with Crippen molar-refractivity contribution >= 4 is 18.3 Å². The van der Waals surface area contributed by atoms with E-state index in [4.69, 9.17) is 5.73 Å². The quantitative estimate of drug-likeness (QED) is 0.674. The van der Waals surface area contributed by atoms with E-state index in [0.717, 1.165) is 45.2 Å². The van der Waals surface area contributed by atoms with E-state index >= 15 is 0 Å². The molecule has 0 atom stereocenters. The Balaban J connectivity index is 0.00000324. The number of carbonyl (C=O) groups is 1. The largest absolute Gasteiger partial charge is 0.356 e. The molecule has 1 amide bonds. The molecule has 0 unspecified atom stereocenters. The number of hydrogen-bond donors (Lipinski definition) is 2. The number of carbonyl (C=O) groups excluding carboxylic acids is 1. The van der Waals surface area contributed by atoms with Crippen LogP contribution in [0.15, 0.2) is 0 Å². The smallest absolute Gasteiger partial charge is 0.223 e. The molecule has 0 radical (unpaired) electrons. The third kappa shape index (κ3) is 7.78.